The number of carbonyl (C=O) groups excluding carboxylic acids is 2. The molecule has 1 N–H and O–H groups in total. The molecule has 0 aliphatic rings. The maximum Gasteiger partial charge on any atom is 0.307 e. The third kappa shape index (κ3) is 6.27. The maximum absolute atomic E-state index is 12.0. The van der Waals surface area contributed by atoms with Crippen molar-refractivity contribution in [2.45, 2.75) is 31.6 Å². The Morgan fingerprint density at radius 1 is 1.08 bits per heavy atom. The number of hydrogen-bond donors (Lipinski definition) is 1. The first kappa shape index (κ1) is 19.1. The molecule has 4 nitrogen and oxygen atoms in total. The van der Waals surface area contributed by atoms with Gasteiger partial charge in [0.25, 0.3) is 5.91 Å². The fourth-order valence-corrected chi connectivity index (χ4v) is 3.22. The van der Waals surface area contributed by atoms with Gasteiger partial charge in [-0.25, -0.2) is 0 Å². The largest absolute Gasteiger partial charge is 0.456 e. The van der Waals surface area contributed by atoms with Crippen molar-refractivity contribution in [2.75, 3.05) is 17.7 Å². The molecular formula is C20H23NO3S. The van der Waals surface area contributed by atoms with Gasteiger partial charge in [0.15, 0.2) is 6.61 Å². The van der Waals surface area contributed by atoms with Crippen LogP contribution in [0.15, 0.2) is 53.4 Å². The lowest BCUT2D eigenvalue weighted by Gasteiger charge is -2.13. The van der Waals surface area contributed by atoms with Gasteiger partial charge in [-0.2, -0.15) is 0 Å². The van der Waals surface area contributed by atoms with Crippen LogP contribution in [-0.4, -0.2) is 24.2 Å². The van der Waals surface area contributed by atoms with E-state index in [1.807, 2.05) is 62.4 Å². The molecule has 0 aliphatic heterocycles. The minimum absolute atomic E-state index is 0.258. The number of thioether (sulfide) groups is 1. The van der Waals surface area contributed by atoms with Crippen LogP contribution in [0.4, 0.5) is 5.69 Å². The van der Waals surface area contributed by atoms with E-state index in [-0.39, 0.29) is 24.9 Å². The van der Waals surface area contributed by atoms with E-state index in [1.54, 1.807) is 11.8 Å². The number of rotatable bonds is 8. The Hall–Kier alpha value is -2.27. The summed E-state index contributed by atoms with van der Waals surface area (Å²) in [5.41, 5.74) is 2.88. The lowest BCUT2D eigenvalue weighted by molar-refractivity contribution is -0.146. The van der Waals surface area contributed by atoms with Gasteiger partial charge in [0.05, 0.1) is 6.42 Å². The fourth-order valence-electron chi connectivity index (χ4n) is 2.36. The Kier molecular flexibility index (Phi) is 7.54. The highest BCUT2D eigenvalue weighted by Gasteiger charge is 2.11. The van der Waals surface area contributed by atoms with Crippen molar-refractivity contribution in [2.24, 2.45) is 0 Å². The van der Waals surface area contributed by atoms with E-state index in [1.165, 1.54) is 0 Å². The van der Waals surface area contributed by atoms with Gasteiger partial charge in [-0.05, 0) is 36.6 Å². The van der Waals surface area contributed by atoms with Crippen molar-refractivity contribution < 1.29 is 14.3 Å². The Morgan fingerprint density at radius 2 is 1.84 bits per heavy atom. The number of aryl methyl sites for hydroxylation is 2. The van der Waals surface area contributed by atoms with Gasteiger partial charge < -0.3 is 10.1 Å². The highest BCUT2D eigenvalue weighted by molar-refractivity contribution is 7.99. The molecule has 132 valence electrons. The number of hydrogen-bond acceptors (Lipinski definition) is 4. The highest BCUT2D eigenvalue weighted by atomic mass is 32.2. The number of para-hydroxylation sites is 1. The number of nitrogens with one attached hydrogen (secondary N) is 1. The highest BCUT2D eigenvalue weighted by Crippen LogP contribution is 2.21. The minimum atomic E-state index is -0.362. The van der Waals surface area contributed by atoms with E-state index < -0.39 is 0 Å². The third-order valence-corrected chi connectivity index (χ3v) is 4.70. The van der Waals surface area contributed by atoms with E-state index >= 15 is 0 Å². The zero-order valence-corrected chi connectivity index (χ0v) is 15.4. The molecule has 0 bridgehead atoms. The molecule has 1 amide bonds. The van der Waals surface area contributed by atoms with Gasteiger partial charge in [-0.3, -0.25) is 9.59 Å². The second-order valence-electron chi connectivity index (χ2n) is 5.58. The van der Waals surface area contributed by atoms with Gasteiger partial charge in [0.2, 0.25) is 0 Å². The third-order valence-electron chi connectivity index (χ3n) is 3.69. The van der Waals surface area contributed by atoms with Crippen molar-refractivity contribution in [3.63, 3.8) is 0 Å². The number of ether oxygens (including phenoxy) is 1. The van der Waals surface area contributed by atoms with Crippen LogP contribution in [0.1, 0.15) is 24.5 Å². The van der Waals surface area contributed by atoms with Crippen LogP contribution < -0.4 is 5.32 Å². The Morgan fingerprint density at radius 3 is 2.56 bits per heavy atom. The first-order chi connectivity index (χ1) is 12.1. The van der Waals surface area contributed by atoms with Crippen LogP contribution in [0.25, 0.3) is 0 Å². The molecule has 0 heterocycles. The predicted molar refractivity (Wildman–Crippen MR) is 102 cm³/mol. The van der Waals surface area contributed by atoms with E-state index in [2.05, 4.69) is 5.32 Å². The molecule has 5 heteroatoms. The zero-order chi connectivity index (χ0) is 18.1. The molecule has 0 atom stereocenters. The van der Waals surface area contributed by atoms with Crippen molar-refractivity contribution in [1.82, 2.24) is 0 Å². The molecular weight excluding hydrogens is 334 g/mol. The average molecular weight is 357 g/mol. The van der Waals surface area contributed by atoms with Crippen molar-refractivity contribution in [3.05, 3.63) is 59.7 Å². The molecule has 2 aromatic rings. The topological polar surface area (TPSA) is 55.4 Å². The molecule has 0 fully saturated rings. The first-order valence-corrected chi connectivity index (χ1v) is 9.30. The molecule has 0 saturated carbocycles. The summed E-state index contributed by atoms with van der Waals surface area (Å²) in [6.45, 7) is 3.72. The summed E-state index contributed by atoms with van der Waals surface area (Å²) >= 11 is 1.59. The van der Waals surface area contributed by atoms with E-state index in [0.717, 1.165) is 28.1 Å². The van der Waals surface area contributed by atoms with E-state index in [9.17, 15) is 9.59 Å². The first-order valence-electron chi connectivity index (χ1n) is 8.32. The normalized spacial score (nSPS) is 10.3. The summed E-state index contributed by atoms with van der Waals surface area (Å²) in [7, 11) is 0. The molecule has 2 rings (SSSR count). The van der Waals surface area contributed by atoms with Crippen molar-refractivity contribution in [1.29, 1.82) is 0 Å². The van der Waals surface area contributed by atoms with E-state index in [4.69, 9.17) is 4.74 Å². The molecule has 25 heavy (non-hydrogen) atoms. The quantitative estimate of drug-likeness (QED) is 0.568. The van der Waals surface area contributed by atoms with Crippen molar-refractivity contribution in [3.8, 4) is 0 Å². The van der Waals surface area contributed by atoms with E-state index in [0.29, 0.717) is 5.75 Å². The fraction of sp³-hybridized carbons (Fsp3) is 0.300. The number of benzene rings is 2. The number of anilines is 1. The molecule has 2 aromatic carbocycles. The van der Waals surface area contributed by atoms with Crippen LogP contribution in [0, 0.1) is 6.92 Å². The molecule has 0 aromatic heterocycles. The van der Waals surface area contributed by atoms with Gasteiger partial charge in [-0.15, -0.1) is 11.8 Å². The second-order valence-corrected chi connectivity index (χ2v) is 6.75. The summed E-state index contributed by atoms with van der Waals surface area (Å²) in [5.74, 6) is -0.0467. The average Bonchev–Trinajstić information content (AvgIpc) is 2.62. The second kappa shape index (κ2) is 9.89. The van der Waals surface area contributed by atoms with Crippen LogP contribution in [0.5, 0.6) is 0 Å². The van der Waals surface area contributed by atoms with Crippen LogP contribution in [0.3, 0.4) is 0 Å². The summed E-state index contributed by atoms with van der Waals surface area (Å²) in [6, 6.07) is 15.8. The molecule has 0 aliphatic carbocycles. The molecule has 0 radical (unpaired) electrons. The predicted octanol–water partition coefficient (Wildman–Crippen LogP) is 4.22. The zero-order valence-electron chi connectivity index (χ0n) is 14.6. The van der Waals surface area contributed by atoms with Crippen molar-refractivity contribution >= 4 is 29.3 Å². The number of esters is 1. The van der Waals surface area contributed by atoms with Gasteiger partial charge in [0, 0.05) is 16.3 Å². The van der Waals surface area contributed by atoms with Gasteiger partial charge in [-0.1, -0.05) is 43.3 Å². The monoisotopic (exact) mass is 357 g/mol. The Balaban J connectivity index is 1.73. The lowest BCUT2D eigenvalue weighted by atomic mass is 10.1. The molecule has 0 spiro atoms. The van der Waals surface area contributed by atoms with Gasteiger partial charge >= 0.3 is 5.97 Å². The lowest BCUT2D eigenvalue weighted by Crippen LogP contribution is -2.22. The molecule has 0 unspecified atom stereocenters. The Bertz CT molecular complexity index is 716. The van der Waals surface area contributed by atoms with Crippen LogP contribution in [-0.2, 0) is 20.7 Å². The molecule has 0 saturated heterocycles. The standard InChI is InChI=1S/C20H23NO3S/c1-3-16-9-7-8-15(2)20(16)21-18(22)14-24-19(23)12-13-25-17-10-5-4-6-11-17/h4-11H,3,12-14H2,1-2H3,(H,21,22). The summed E-state index contributed by atoms with van der Waals surface area (Å²) < 4.78 is 5.06. The van der Waals surface area contributed by atoms with Gasteiger partial charge in [0.1, 0.15) is 0 Å². The summed E-state index contributed by atoms with van der Waals surface area (Å²) in [4.78, 5) is 24.9. The maximum atomic E-state index is 12.0. The van der Waals surface area contributed by atoms with Crippen LogP contribution in [0.2, 0.25) is 0 Å². The number of carbonyl (C=O) groups is 2. The minimum Gasteiger partial charge on any atom is -0.456 e. The SMILES string of the molecule is CCc1cccc(C)c1NC(=O)COC(=O)CCSc1ccccc1. The summed E-state index contributed by atoms with van der Waals surface area (Å²) in [5, 5.41) is 2.85. The summed E-state index contributed by atoms with van der Waals surface area (Å²) in [6.07, 6.45) is 1.10. The van der Waals surface area contributed by atoms with Crippen LogP contribution >= 0.6 is 11.8 Å². The Labute approximate surface area is 153 Å². The number of amides is 1. The smallest absolute Gasteiger partial charge is 0.307 e.